The van der Waals surface area contributed by atoms with E-state index in [4.69, 9.17) is 4.74 Å². The number of halogens is 3. The molecule has 0 radical (unpaired) electrons. The van der Waals surface area contributed by atoms with E-state index in [2.05, 4.69) is 9.46 Å². The van der Waals surface area contributed by atoms with Crippen LogP contribution >= 0.6 is 0 Å². The second-order valence-electron chi connectivity index (χ2n) is 4.98. The fraction of sp³-hybridized carbons (Fsp3) is 0.538. The largest absolute Gasteiger partial charge is 0.573 e. The molecule has 0 saturated carbocycles. The van der Waals surface area contributed by atoms with Crippen molar-refractivity contribution in [2.24, 2.45) is 0 Å². The summed E-state index contributed by atoms with van der Waals surface area (Å²) in [7, 11) is -3.82. The quantitative estimate of drug-likeness (QED) is 0.895. The molecule has 1 aliphatic rings. The van der Waals surface area contributed by atoms with Crippen LogP contribution in [0.4, 0.5) is 13.2 Å². The number of sulfonamides is 1. The van der Waals surface area contributed by atoms with Gasteiger partial charge < -0.3 is 9.47 Å². The lowest BCUT2D eigenvalue weighted by Crippen LogP contribution is -2.40. The lowest BCUT2D eigenvalue weighted by Gasteiger charge is -2.20. The minimum atomic E-state index is -4.81. The Bertz CT molecular complexity index is 595. The highest BCUT2D eigenvalue weighted by Gasteiger charge is 2.31. The summed E-state index contributed by atoms with van der Waals surface area (Å²) in [6.07, 6.45) is -3.36. The van der Waals surface area contributed by atoms with Crippen molar-refractivity contribution >= 4 is 10.0 Å². The standard InChI is InChI=1S/C13H16F3NO4S/c1-9(12-3-2-8-20-12)17-22(18,19)11-6-4-10(5-7-11)21-13(14,15)16/h4-7,9,12,17H,2-3,8H2,1H3/t9-,12+/m0/s1. The predicted molar refractivity (Wildman–Crippen MR) is 71.9 cm³/mol. The lowest BCUT2D eigenvalue weighted by atomic mass is 10.1. The smallest absolute Gasteiger partial charge is 0.406 e. The second-order valence-corrected chi connectivity index (χ2v) is 6.69. The summed E-state index contributed by atoms with van der Waals surface area (Å²) < 4.78 is 72.1. The maximum Gasteiger partial charge on any atom is 0.573 e. The summed E-state index contributed by atoms with van der Waals surface area (Å²) in [5, 5.41) is 0. The molecule has 0 bridgehead atoms. The Morgan fingerprint density at radius 1 is 1.32 bits per heavy atom. The first-order chi connectivity index (χ1) is 10.2. The molecule has 1 aromatic carbocycles. The van der Waals surface area contributed by atoms with Gasteiger partial charge in [0.25, 0.3) is 0 Å². The van der Waals surface area contributed by atoms with Gasteiger partial charge in [0.1, 0.15) is 5.75 Å². The summed E-state index contributed by atoms with van der Waals surface area (Å²) >= 11 is 0. The fourth-order valence-electron chi connectivity index (χ4n) is 2.21. The van der Waals surface area contributed by atoms with Crippen molar-refractivity contribution in [1.82, 2.24) is 4.72 Å². The second kappa shape index (κ2) is 6.43. The molecule has 1 fully saturated rings. The van der Waals surface area contributed by atoms with Gasteiger partial charge in [-0.3, -0.25) is 0 Å². The van der Waals surface area contributed by atoms with Gasteiger partial charge in [-0.25, -0.2) is 13.1 Å². The molecular formula is C13H16F3NO4S. The van der Waals surface area contributed by atoms with Crippen LogP contribution in [-0.4, -0.2) is 33.5 Å². The van der Waals surface area contributed by atoms with Gasteiger partial charge in [-0.2, -0.15) is 0 Å². The van der Waals surface area contributed by atoms with Crippen molar-refractivity contribution in [3.63, 3.8) is 0 Å². The number of hydrogen-bond acceptors (Lipinski definition) is 4. The van der Waals surface area contributed by atoms with Crippen LogP contribution < -0.4 is 9.46 Å². The molecule has 5 nitrogen and oxygen atoms in total. The van der Waals surface area contributed by atoms with E-state index in [1.165, 1.54) is 0 Å². The van der Waals surface area contributed by atoms with Crippen molar-refractivity contribution in [3.05, 3.63) is 24.3 Å². The van der Waals surface area contributed by atoms with Crippen molar-refractivity contribution in [2.45, 2.75) is 43.2 Å². The number of benzene rings is 1. The monoisotopic (exact) mass is 339 g/mol. The summed E-state index contributed by atoms with van der Waals surface area (Å²) in [6, 6.07) is 3.62. The van der Waals surface area contributed by atoms with E-state index in [-0.39, 0.29) is 11.0 Å². The summed E-state index contributed by atoms with van der Waals surface area (Å²) in [5.41, 5.74) is 0. The number of hydrogen-bond donors (Lipinski definition) is 1. The maximum absolute atomic E-state index is 12.2. The molecule has 1 aromatic rings. The molecule has 0 unspecified atom stereocenters. The van der Waals surface area contributed by atoms with Crippen LogP contribution in [0.15, 0.2) is 29.2 Å². The topological polar surface area (TPSA) is 64.6 Å². The van der Waals surface area contributed by atoms with Crippen LogP contribution in [0, 0.1) is 0 Å². The van der Waals surface area contributed by atoms with Gasteiger partial charge in [0.05, 0.1) is 11.0 Å². The van der Waals surface area contributed by atoms with Crippen LogP contribution in [0.2, 0.25) is 0 Å². The molecule has 1 aliphatic heterocycles. The van der Waals surface area contributed by atoms with Crippen LogP contribution in [0.3, 0.4) is 0 Å². The Balaban J connectivity index is 2.05. The summed E-state index contributed by atoms with van der Waals surface area (Å²) in [4.78, 5) is -0.133. The molecule has 1 saturated heterocycles. The number of alkyl halides is 3. The number of nitrogens with one attached hydrogen (secondary N) is 1. The molecule has 124 valence electrons. The zero-order valence-electron chi connectivity index (χ0n) is 11.8. The van der Waals surface area contributed by atoms with E-state index in [0.29, 0.717) is 6.61 Å². The molecule has 0 spiro atoms. The van der Waals surface area contributed by atoms with E-state index in [1.807, 2.05) is 0 Å². The average Bonchev–Trinajstić information content (AvgIpc) is 2.90. The zero-order chi connectivity index (χ0) is 16.4. The molecular weight excluding hydrogens is 323 g/mol. The maximum atomic E-state index is 12.2. The van der Waals surface area contributed by atoms with Crippen molar-refractivity contribution < 1.29 is 31.1 Å². The third kappa shape index (κ3) is 4.59. The molecule has 2 rings (SSSR count). The van der Waals surface area contributed by atoms with E-state index < -0.39 is 28.2 Å². The highest BCUT2D eigenvalue weighted by molar-refractivity contribution is 7.89. The third-order valence-corrected chi connectivity index (χ3v) is 4.81. The number of ether oxygens (including phenoxy) is 2. The average molecular weight is 339 g/mol. The highest BCUT2D eigenvalue weighted by atomic mass is 32.2. The van der Waals surface area contributed by atoms with Crippen LogP contribution in [0.1, 0.15) is 19.8 Å². The minimum absolute atomic E-state index is 0.133. The van der Waals surface area contributed by atoms with E-state index in [0.717, 1.165) is 37.1 Å². The third-order valence-electron chi connectivity index (χ3n) is 3.23. The first-order valence-electron chi connectivity index (χ1n) is 6.67. The van der Waals surface area contributed by atoms with Crippen LogP contribution in [0.25, 0.3) is 0 Å². The predicted octanol–water partition coefficient (Wildman–Crippen LogP) is 2.43. The normalized spacial score (nSPS) is 20.8. The zero-order valence-corrected chi connectivity index (χ0v) is 12.6. The minimum Gasteiger partial charge on any atom is -0.406 e. The molecule has 22 heavy (non-hydrogen) atoms. The van der Waals surface area contributed by atoms with Gasteiger partial charge in [-0.05, 0) is 44.0 Å². The first kappa shape index (κ1) is 17.0. The fourth-order valence-corrected chi connectivity index (χ4v) is 3.48. The molecule has 2 atom stereocenters. The summed E-state index contributed by atoms with van der Waals surface area (Å²) in [6.45, 7) is 2.29. The highest BCUT2D eigenvalue weighted by Crippen LogP contribution is 2.24. The lowest BCUT2D eigenvalue weighted by molar-refractivity contribution is -0.274. The molecule has 1 N–H and O–H groups in total. The van der Waals surface area contributed by atoms with Crippen molar-refractivity contribution in [1.29, 1.82) is 0 Å². The van der Waals surface area contributed by atoms with Gasteiger partial charge in [0.15, 0.2) is 0 Å². The van der Waals surface area contributed by atoms with Crippen LogP contribution in [0.5, 0.6) is 5.75 Å². The number of rotatable bonds is 5. The van der Waals surface area contributed by atoms with E-state index in [9.17, 15) is 21.6 Å². The Labute approximate surface area is 126 Å². The molecule has 0 aromatic heterocycles. The van der Waals surface area contributed by atoms with Crippen molar-refractivity contribution in [3.8, 4) is 5.75 Å². The molecule has 1 heterocycles. The van der Waals surface area contributed by atoms with Gasteiger partial charge in [0.2, 0.25) is 10.0 Å². The van der Waals surface area contributed by atoms with Gasteiger partial charge in [-0.15, -0.1) is 13.2 Å². The Morgan fingerprint density at radius 2 is 1.95 bits per heavy atom. The molecule has 0 amide bonds. The van der Waals surface area contributed by atoms with E-state index >= 15 is 0 Å². The SMILES string of the molecule is C[C@H](NS(=O)(=O)c1ccc(OC(F)(F)F)cc1)[C@H]1CCCO1. The molecule has 9 heteroatoms. The van der Waals surface area contributed by atoms with Crippen LogP contribution in [-0.2, 0) is 14.8 Å². The van der Waals surface area contributed by atoms with Gasteiger partial charge in [-0.1, -0.05) is 0 Å². The Kier molecular flexibility index (Phi) is 4.98. The van der Waals surface area contributed by atoms with Crippen molar-refractivity contribution in [2.75, 3.05) is 6.61 Å². The molecule has 0 aliphatic carbocycles. The van der Waals surface area contributed by atoms with Gasteiger partial charge >= 0.3 is 6.36 Å². The van der Waals surface area contributed by atoms with E-state index in [1.54, 1.807) is 6.92 Å². The Hall–Kier alpha value is -1.32. The summed E-state index contributed by atoms with van der Waals surface area (Å²) in [5.74, 6) is -0.473. The van der Waals surface area contributed by atoms with Gasteiger partial charge in [0, 0.05) is 12.6 Å². The first-order valence-corrected chi connectivity index (χ1v) is 8.15. The Morgan fingerprint density at radius 3 is 2.45 bits per heavy atom.